The second kappa shape index (κ2) is 3.68. The standard InChI is InChI=1S/C16H14N2O/c19-16(14-9-17-10-18-14)8-7-12-4-1-3-11-5-2-6-13(16)15(11)12/h1-6,9-10,19H,7-8H2,(H,17,18)/t16-/m1/s1. The third-order valence-corrected chi connectivity index (χ3v) is 4.14. The number of nitrogens with one attached hydrogen (secondary N) is 1. The third kappa shape index (κ3) is 1.39. The Labute approximate surface area is 110 Å². The van der Waals surface area contributed by atoms with E-state index in [1.54, 1.807) is 12.5 Å². The van der Waals surface area contributed by atoms with Gasteiger partial charge in [-0.3, -0.25) is 0 Å². The minimum Gasteiger partial charge on any atom is -0.379 e. The van der Waals surface area contributed by atoms with Crippen LogP contribution in [0, 0.1) is 0 Å². The van der Waals surface area contributed by atoms with Gasteiger partial charge in [0.1, 0.15) is 5.60 Å². The number of benzene rings is 2. The first-order valence-electron chi connectivity index (χ1n) is 6.51. The number of nitrogens with zero attached hydrogens (tertiary/aromatic N) is 1. The Kier molecular flexibility index (Phi) is 2.09. The molecule has 0 spiro atoms. The largest absolute Gasteiger partial charge is 0.379 e. The highest BCUT2D eigenvalue weighted by Crippen LogP contribution is 2.42. The Bertz CT molecular complexity index is 743. The summed E-state index contributed by atoms with van der Waals surface area (Å²) in [6, 6.07) is 12.5. The second-order valence-corrected chi connectivity index (χ2v) is 5.15. The number of rotatable bonds is 1. The highest BCUT2D eigenvalue weighted by molar-refractivity contribution is 5.90. The molecule has 3 nitrogen and oxygen atoms in total. The highest BCUT2D eigenvalue weighted by atomic mass is 16.3. The molecule has 0 saturated heterocycles. The van der Waals surface area contributed by atoms with Gasteiger partial charge in [0.25, 0.3) is 0 Å². The Morgan fingerprint density at radius 1 is 1.16 bits per heavy atom. The van der Waals surface area contributed by atoms with Crippen LogP contribution in [0.3, 0.4) is 0 Å². The van der Waals surface area contributed by atoms with Crippen molar-refractivity contribution < 1.29 is 5.11 Å². The lowest BCUT2D eigenvalue weighted by Crippen LogP contribution is -2.31. The molecule has 4 rings (SSSR count). The summed E-state index contributed by atoms with van der Waals surface area (Å²) in [5.74, 6) is 0. The van der Waals surface area contributed by atoms with Crippen molar-refractivity contribution in [2.75, 3.05) is 0 Å². The Morgan fingerprint density at radius 3 is 2.79 bits per heavy atom. The lowest BCUT2D eigenvalue weighted by atomic mass is 9.76. The van der Waals surface area contributed by atoms with Gasteiger partial charge in [-0.25, -0.2) is 4.98 Å². The van der Waals surface area contributed by atoms with E-state index in [2.05, 4.69) is 34.2 Å². The van der Waals surface area contributed by atoms with Gasteiger partial charge in [-0.2, -0.15) is 0 Å². The molecule has 1 atom stereocenters. The van der Waals surface area contributed by atoms with Gasteiger partial charge in [-0.05, 0) is 34.7 Å². The molecule has 1 aliphatic carbocycles. The predicted octanol–water partition coefficient (Wildman–Crippen LogP) is 2.75. The van der Waals surface area contributed by atoms with Crippen LogP contribution < -0.4 is 0 Å². The maximum Gasteiger partial charge on any atom is 0.132 e. The lowest BCUT2D eigenvalue weighted by molar-refractivity contribution is 0.0662. The van der Waals surface area contributed by atoms with Crippen LogP contribution in [0.1, 0.15) is 23.2 Å². The lowest BCUT2D eigenvalue weighted by Gasteiger charge is -2.33. The normalized spacial score (nSPS) is 21.7. The van der Waals surface area contributed by atoms with Crippen LogP contribution in [0.4, 0.5) is 0 Å². The fraction of sp³-hybridized carbons (Fsp3) is 0.188. The molecule has 2 aromatic carbocycles. The summed E-state index contributed by atoms with van der Waals surface area (Å²) >= 11 is 0. The molecule has 0 saturated carbocycles. The number of aliphatic hydroxyl groups is 1. The first kappa shape index (κ1) is 10.8. The molecule has 3 heteroatoms. The predicted molar refractivity (Wildman–Crippen MR) is 73.9 cm³/mol. The molecule has 0 unspecified atom stereocenters. The molecule has 0 fully saturated rings. The first-order valence-corrected chi connectivity index (χ1v) is 6.51. The fourth-order valence-electron chi connectivity index (χ4n) is 3.18. The molecule has 2 N–H and O–H groups in total. The molecule has 0 aliphatic heterocycles. The zero-order valence-corrected chi connectivity index (χ0v) is 10.4. The number of aryl methyl sites for hydroxylation is 1. The number of hydrogen-bond acceptors (Lipinski definition) is 2. The van der Waals surface area contributed by atoms with Crippen molar-refractivity contribution in [3.05, 3.63) is 65.7 Å². The monoisotopic (exact) mass is 250 g/mol. The topological polar surface area (TPSA) is 48.9 Å². The average Bonchev–Trinajstić information content (AvgIpc) is 2.98. The molecular weight excluding hydrogens is 236 g/mol. The average molecular weight is 250 g/mol. The van der Waals surface area contributed by atoms with Crippen molar-refractivity contribution >= 4 is 10.8 Å². The van der Waals surface area contributed by atoms with Gasteiger partial charge in [-0.1, -0.05) is 36.4 Å². The quantitative estimate of drug-likeness (QED) is 0.697. The summed E-state index contributed by atoms with van der Waals surface area (Å²) in [7, 11) is 0. The molecule has 19 heavy (non-hydrogen) atoms. The van der Waals surface area contributed by atoms with E-state index in [1.807, 2.05) is 12.1 Å². The van der Waals surface area contributed by atoms with Crippen LogP contribution in [0.2, 0.25) is 0 Å². The summed E-state index contributed by atoms with van der Waals surface area (Å²) in [6.07, 6.45) is 4.90. The number of H-pyrrole nitrogens is 1. The van der Waals surface area contributed by atoms with Crippen molar-refractivity contribution in [1.29, 1.82) is 0 Å². The summed E-state index contributed by atoms with van der Waals surface area (Å²) in [5, 5.41) is 13.5. The molecule has 1 heterocycles. The van der Waals surface area contributed by atoms with Gasteiger partial charge >= 0.3 is 0 Å². The smallest absolute Gasteiger partial charge is 0.132 e. The van der Waals surface area contributed by atoms with E-state index in [0.29, 0.717) is 6.42 Å². The van der Waals surface area contributed by atoms with Crippen LogP contribution in [-0.2, 0) is 12.0 Å². The number of imidazole rings is 1. The molecule has 1 aromatic heterocycles. The van der Waals surface area contributed by atoms with Crippen molar-refractivity contribution in [2.24, 2.45) is 0 Å². The van der Waals surface area contributed by atoms with Crippen LogP contribution in [0.15, 0.2) is 48.9 Å². The Morgan fingerprint density at radius 2 is 2.00 bits per heavy atom. The SMILES string of the molecule is O[C@]1(c2cnc[nH]2)CCc2cccc3cccc1c23. The number of hydrogen-bond donors (Lipinski definition) is 2. The van der Waals surface area contributed by atoms with Crippen LogP contribution in [-0.4, -0.2) is 15.1 Å². The van der Waals surface area contributed by atoms with E-state index in [9.17, 15) is 5.11 Å². The summed E-state index contributed by atoms with van der Waals surface area (Å²) in [5.41, 5.74) is 2.12. The number of aromatic nitrogens is 2. The van der Waals surface area contributed by atoms with Gasteiger partial charge in [-0.15, -0.1) is 0 Å². The maximum atomic E-state index is 11.1. The summed E-state index contributed by atoms with van der Waals surface area (Å²) < 4.78 is 0. The summed E-state index contributed by atoms with van der Waals surface area (Å²) in [6.45, 7) is 0. The first-order chi connectivity index (χ1) is 9.29. The van der Waals surface area contributed by atoms with E-state index in [4.69, 9.17) is 0 Å². The minimum absolute atomic E-state index is 0.686. The van der Waals surface area contributed by atoms with E-state index in [-0.39, 0.29) is 0 Å². The van der Waals surface area contributed by atoms with Gasteiger partial charge in [0.2, 0.25) is 0 Å². The Balaban J connectivity index is 2.08. The van der Waals surface area contributed by atoms with Crippen molar-refractivity contribution in [2.45, 2.75) is 18.4 Å². The fourth-order valence-corrected chi connectivity index (χ4v) is 3.18. The molecular formula is C16H14N2O. The highest BCUT2D eigenvalue weighted by Gasteiger charge is 2.37. The van der Waals surface area contributed by atoms with Gasteiger partial charge in [0.05, 0.1) is 18.2 Å². The van der Waals surface area contributed by atoms with E-state index in [0.717, 1.165) is 17.7 Å². The second-order valence-electron chi connectivity index (χ2n) is 5.15. The van der Waals surface area contributed by atoms with E-state index >= 15 is 0 Å². The summed E-state index contributed by atoms with van der Waals surface area (Å²) in [4.78, 5) is 7.11. The van der Waals surface area contributed by atoms with Crippen molar-refractivity contribution in [3.63, 3.8) is 0 Å². The zero-order chi connectivity index (χ0) is 12.9. The van der Waals surface area contributed by atoms with Crippen LogP contribution in [0.5, 0.6) is 0 Å². The maximum absolute atomic E-state index is 11.1. The molecule has 0 bridgehead atoms. The molecule has 0 radical (unpaired) electrons. The van der Waals surface area contributed by atoms with Gasteiger partial charge < -0.3 is 10.1 Å². The zero-order valence-electron chi connectivity index (χ0n) is 10.4. The Hall–Kier alpha value is -2.13. The van der Waals surface area contributed by atoms with Gasteiger partial charge in [0.15, 0.2) is 0 Å². The van der Waals surface area contributed by atoms with Crippen molar-refractivity contribution in [3.8, 4) is 0 Å². The van der Waals surface area contributed by atoms with Gasteiger partial charge in [0, 0.05) is 0 Å². The molecule has 3 aromatic rings. The van der Waals surface area contributed by atoms with Crippen LogP contribution >= 0.6 is 0 Å². The molecule has 0 amide bonds. The number of aromatic amines is 1. The third-order valence-electron chi connectivity index (χ3n) is 4.14. The van der Waals surface area contributed by atoms with Crippen molar-refractivity contribution in [1.82, 2.24) is 9.97 Å². The van der Waals surface area contributed by atoms with E-state index < -0.39 is 5.60 Å². The van der Waals surface area contributed by atoms with E-state index in [1.165, 1.54) is 16.3 Å². The van der Waals surface area contributed by atoms with Crippen LogP contribution in [0.25, 0.3) is 10.8 Å². The molecule has 1 aliphatic rings. The molecule has 94 valence electrons. The minimum atomic E-state index is -0.954.